The van der Waals surface area contributed by atoms with E-state index < -0.39 is 5.97 Å². The molecule has 0 spiro atoms. The lowest BCUT2D eigenvalue weighted by molar-refractivity contribution is -0.136. The third-order valence-electron chi connectivity index (χ3n) is 6.27. The van der Waals surface area contributed by atoms with Crippen molar-refractivity contribution < 1.29 is 15.0 Å². The fourth-order valence-corrected chi connectivity index (χ4v) is 4.38. The van der Waals surface area contributed by atoms with Crippen molar-refractivity contribution >= 4 is 11.8 Å². The maximum atomic E-state index is 10.9. The number of benzene rings is 2. The van der Waals surface area contributed by atoms with Gasteiger partial charge in [0.15, 0.2) is 11.6 Å². The van der Waals surface area contributed by atoms with Crippen molar-refractivity contribution in [1.29, 1.82) is 0 Å². The minimum Gasteiger partial charge on any atom is -0.508 e. The highest BCUT2D eigenvalue weighted by molar-refractivity contribution is 5.70. The second kappa shape index (κ2) is 9.35. The van der Waals surface area contributed by atoms with E-state index in [0.29, 0.717) is 17.6 Å². The number of pyridine rings is 1. The average molecular weight is 456 g/mol. The molecule has 4 aromatic rings. The molecule has 1 fully saturated rings. The highest BCUT2D eigenvalue weighted by Gasteiger charge is 2.21. The number of aromatic hydroxyl groups is 1. The number of phenolic OH excluding ortho intramolecular Hbond substituents is 1. The first kappa shape index (κ1) is 21.6. The van der Waals surface area contributed by atoms with Gasteiger partial charge in [-0.15, -0.1) is 10.2 Å². The molecule has 1 aliphatic heterocycles. The second-order valence-corrected chi connectivity index (χ2v) is 8.55. The number of nitrogens with zero attached hydrogens (tertiary/aromatic N) is 4. The summed E-state index contributed by atoms with van der Waals surface area (Å²) < 4.78 is 0. The molecule has 0 saturated carbocycles. The van der Waals surface area contributed by atoms with Crippen molar-refractivity contribution in [2.45, 2.75) is 25.2 Å². The Labute approximate surface area is 196 Å². The van der Waals surface area contributed by atoms with Crippen LogP contribution in [0, 0.1) is 0 Å². The molecule has 8 nitrogen and oxygen atoms in total. The van der Waals surface area contributed by atoms with E-state index in [-0.39, 0.29) is 12.2 Å². The van der Waals surface area contributed by atoms with Crippen molar-refractivity contribution in [2.75, 3.05) is 18.0 Å². The predicted molar refractivity (Wildman–Crippen MR) is 129 cm³/mol. The average Bonchev–Trinajstić information content (AvgIpc) is 3.35. The molecule has 0 radical (unpaired) electrons. The predicted octanol–water partition coefficient (Wildman–Crippen LogP) is 4.25. The summed E-state index contributed by atoms with van der Waals surface area (Å²) in [5, 5.41) is 26.8. The molecule has 2 aromatic carbocycles. The molecule has 3 N–H and O–H groups in total. The van der Waals surface area contributed by atoms with Crippen molar-refractivity contribution in [2.24, 2.45) is 0 Å². The van der Waals surface area contributed by atoms with Gasteiger partial charge in [-0.05, 0) is 66.3 Å². The lowest BCUT2D eigenvalue weighted by Crippen LogP contribution is -2.33. The van der Waals surface area contributed by atoms with Crippen LogP contribution >= 0.6 is 0 Å². The molecular formula is C26H25N5O3. The molecule has 1 aliphatic rings. The molecule has 0 unspecified atom stereocenters. The molecule has 3 heterocycles. The van der Waals surface area contributed by atoms with Crippen LogP contribution < -0.4 is 4.90 Å². The van der Waals surface area contributed by atoms with Crippen LogP contribution in [0.15, 0.2) is 66.9 Å². The second-order valence-electron chi connectivity index (χ2n) is 8.55. The van der Waals surface area contributed by atoms with Crippen molar-refractivity contribution in [3.05, 3.63) is 78.0 Å². The highest BCUT2D eigenvalue weighted by atomic mass is 16.4. The van der Waals surface area contributed by atoms with E-state index in [1.807, 2.05) is 30.5 Å². The quantitative estimate of drug-likeness (QED) is 0.398. The topological polar surface area (TPSA) is 115 Å². The summed E-state index contributed by atoms with van der Waals surface area (Å²) in [7, 11) is 0. The Bertz CT molecular complexity index is 1260. The number of carbonyl (C=O) groups is 1. The van der Waals surface area contributed by atoms with Crippen molar-refractivity contribution in [1.82, 2.24) is 20.2 Å². The fourth-order valence-electron chi connectivity index (χ4n) is 4.38. The van der Waals surface area contributed by atoms with E-state index in [1.54, 1.807) is 24.3 Å². The molecule has 2 aromatic heterocycles. The summed E-state index contributed by atoms with van der Waals surface area (Å²) in [5.74, 6) is 2.10. The zero-order valence-corrected chi connectivity index (χ0v) is 18.6. The van der Waals surface area contributed by atoms with Gasteiger partial charge in [0, 0.05) is 30.4 Å². The van der Waals surface area contributed by atoms with Gasteiger partial charge >= 0.3 is 5.97 Å². The lowest BCUT2D eigenvalue weighted by atomic mass is 9.89. The molecule has 5 rings (SSSR count). The van der Waals surface area contributed by atoms with Gasteiger partial charge in [0.1, 0.15) is 11.6 Å². The fraction of sp³-hybridized carbons (Fsp3) is 0.231. The first-order chi connectivity index (χ1) is 16.5. The summed E-state index contributed by atoms with van der Waals surface area (Å²) in [6.45, 7) is 1.84. The number of aromatic nitrogens is 4. The maximum absolute atomic E-state index is 10.9. The molecule has 8 heteroatoms. The number of aliphatic carboxylic acids is 1. The van der Waals surface area contributed by atoms with Crippen LogP contribution in [0.4, 0.5) is 5.82 Å². The van der Waals surface area contributed by atoms with E-state index in [2.05, 4.69) is 37.2 Å². The number of carboxylic acids is 1. The largest absolute Gasteiger partial charge is 0.508 e. The number of H-pyrrole nitrogens is 1. The zero-order chi connectivity index (χ0) is 23.5. The zero-order valence-electron chi connectivity index (χ0n) is 18.6. The summed E-state index contributed by atoms with van der Waals surface area (Å²) in [6, 6.07) is 18.8. The molecule has 34 heavy (non-hydrogen) atoms. The van der Waals surface area contributed by atoms with Crippen LogP contribution in [0.1, 0.15) is 29.9 Å². The van der Waals surface area contributed by atoms with E-state index in [4.69, 9.17) is 5.11 Å². The van der Waals surface area contributed by atoms with Crippen LogP contribution in [0.5, 0.6) is 5.75 Å². The van der Waals surface area contributed by atoms with Crippen LogP contribution in [-0.2, 0) is 11.2 Å². The van der Waals surface area contributed by atoms with Gasteiger partial charge in [0.25, 0.3) is 0 Å². The summed E-state index contributed by atoms with van der Waals surface area (Å²) in [4.78, 5) is 21.0. The number of hydrogen-bond acceptors (Lipinski definition) is 6. The molecular weight excluding hydrogens is 430 g/mol. The van der Waals surface area contributed by atoms with Crippen molar-refractivity contribution in [3.63, 3.8) is 0 Å². The Morgan fingerprint density at radius 3 is 2.18 bits per heavy atom. The van der Waals surface area contributed by atoms with Crippen LogP contribution in [0.3, 0.4) is 0 Å². The minimum atomic E-state index is -0.805. The van der Waals surface area contributed by atoms with Crippen LogP contribution in [0.25, 0.3) is 22.8 Å². The van der Waals surface area contributed by atoms with Crippen LogP contribution in [0.2, 0.25) is 0 Å². The number of phenols is 1. The Hall–Kier alpha value is -4.20. The third-order valence-corrected chi connectivity index (χ3v) is 6.27. The molecule has 172 valence electrons. The monoisotopic (exact) mass is 455 g/mol. The van der Waals surface area contributed by atoms with Crippen LogP contribution in [-0.4, -0.2) is 49.4 Å². The summed E-state index contributed by atoms with van der Waals surface area (Å²) in [6.07, 6.45) is 3.93. The van der Waals surface area contributed by atoms with E-state index >= 15 is 0 Å². The van der Waals surface area contributed by atoms with Gasteiger partial charge in [-0.1, -0.05) is 24.3 Å². The van der Waals surface area contributed by atoms with Gasteiger partial charge in [-0.2, -0.15) is 0 Å². The number of nitrogens with one attached hydrogen (secondary N) is 1. The maximum Gasteiger partial charge on any atom is 0.307 e. The molecule has 0 bridgehead atoms. The Kier molecular flexibility index (Phi) is 5.95. The Morgan fingerprint density at radius 2 is 1.56 bits per heavy atom. The van der Waals surface area contributed by atoms with Crippen molar-refractivity contribution in [3.8, 4) is 28.5 Å². The van der Waals surface area contributed by atoms with Gasteiger partial charge in [-0.3, -0.25) is 4.79 Å². The number of carboxylic acid groups (broad SMARTS) is 1. The Morgan fingerprint density at radius 1 is 0.912 bits per heavy atom. The third kappa shape index (κ3) is 4.76. The lowest BCUT2D eigenvalue weighted by Gasteiger charge is -2.33. The number of hydrogen-bond donors (Lipinski definition) is 3. The smallest absolute Gasteiger partial charge is 0.307 e. The van der Waals surface area contributed by atoms with E-state index in [0.717, 1.165) is 48.4 Å². The first-order valence-electron chi connectivity index (χ1n) is 11.3. The highest BCUT2D eigenvalue weighted by Crippen LogP contribution is 2.30. The standard InChI is InChI=1S/C26H25N5O3/c32-22-8-5-20(6-9-22)25-28-26(30-29-25)21-7-10-23(27-16-21)31-13-11-19(12-14-31)18-3-1-17(2-4-18)15-24(33)34/h1-10,16,19,32H,11-15H2,(H,33,34)(H,28,29,30). The minimum absolute atomic E-state index is 0.0621. The molecule has 0 aliphatic carbocycles. The SMILES string of the molecule is O=C(O)Cc1ccc(C2CCN(c3ccc(-c4nnc(-c5ccc(O)cc5)[nH]4)cn3)CC2)cc1. The Balaban J connectivity index is 1.20. The van der Waals surface area contributed by atoms with E-state index in [9.17, 15) is 9.90 Å². The molecule has 0 amide bonds. The van der Waals surface area contributed by atoms with Gasteiger partial charge < -0.3 is 20.1 Å². The summed E-state index contributed by atoms with van der Waals surface area (Å²) >= 11 is 0. The number of piperidine rings is 1. The van der Waals surface area contributed by atoms with Gasteiger partial charge in [0.05, 0.1) is 6.42 Å². The number of aromatic amines is 1. The normalized spacial score (nSPS) is 14.3. The number of rotatable bonds is 6. The first-order valence-corrected chi connectivity index (χ1v) is 11.3. The van der Waals surface area contributed by atoms with E-state index in [1.165, 1.54) is 5.56 Å². The molecule has 0 atom stereocenters. The molecule has 1 saturated heterocycles. The van der Waals surface area contributed by atoms with Gasteiger partial charge in [0.2, 0.25) is 0 Å². The van der Waals surface area contributed by atoms with Gasteiger partial charge in [-0.25, -0.2) is 4.98 Å². The summed E-state index contributed by atoms with van der Waals surface area (Å²) in [5.41, 5.74) is 3.81. The number of anilines is 1.